The van der Waals surface area contributed by atoms with E-state index in [0.29, 0.717) is 11.2 Å². The highest BCUT2D eigenvalue weighted by Gasteiger charge is 2.36. The van der Waals surface area contributed by atoms with Crippen LogP contribution in [0.2, 0.25) is 0 Å². The molecule has 0 radical (unpaired) electrons. The first-order valence-electron chi connectivity index (χ1n) is 9.39. The summed E-state index contributed by atoms with van der Waals surface area (Å²) in [6.45, 7) is 5.81. The number of thioether (sulfide) groups is 1. The van der Waals surface area contributed by atoms with E-state index in [-0.39, 0.29) is 0 Å². The third-order valence-electron chi connectivity index (χ3n) is 5.13. The van der Waals surface area contributed by atoms with Gasteiger partial charge in [0.1, 0.15) is 0 Å². The van der Waals surface area contributed by atoms with Crippen molar-refractivity contribution < 1.29 is 9.47 Å². The fraction of sp³-hybridized carbons (Fsp3) is 0.700. The normalized spacial score (nSPS) is 25.7. The second-order valence-corrected chi connectivity index (χ2v) is 8.78. The van der Waals surface area contributed by atoms with E-state index in [4.69, 9.17) is 9.47 Å². The number of alkyl halides is 1. The summed E-state index contributed by atoms with van der Waals surface area (Å²) >= 11 is 5.86. The number of ether oxygens (including phenoxy) is 2. The molecule has 1 aromatic rings. The summed E-state index contributed by atoms with van der Waals surface area (Å²) in [4.78, 5) is 0. The number of halogens is 1. The lowest BCUT2D eigenvalue weighted by Gasteiger charge is -2.22. The van der Waals surface area contributed by atoms with Crippen LogP contribution in [0.5, 0.6) is 11.5 Å². The first kappa shape index (κ1) is 18.4. The van der Waals surface area contributed by atoms with Crippen LogP contribution in [0.1, 0.15) is 68.2 Å². The highest BCUT2D eigenvalue weighted by molar-refractivity contribution is 9.09. The van der Waals surface area contributed by atoms with Gasteiger partial charge in [-0.05, 0) is 66.5 Å². The minimum Gasteiger partial charge on any atom is -0.490 e. The topological polar surface area (TPSA) is 18.5 Å². The van der Waals surface area contributed by atoms with Crippen LogP contribution >= 0.6 is 27.7 Å². The molecule has 0 saturated heterocycles. The zero-order valence-corrected chi connectivity index (χ0v) is 17.3. The van der Waals surface area contributed by atoms with Crippen molar-refractivity contribution in [1.29, 1.82) is 0 Å². The number of rotatable bonds is 7. The van der Waals surface area contributed by atoms with Crippen LogP contribution in [0.25, 0.3) is 0 Å². The lowest BCUT2D eigenvalue weighted by Crippen LogP contribution is -2.10. The first-order valence-corrected chi connectivity index (χ1v) is 11.6. The molecule has 1 heterocycles. The van der Waals surface area contributed by atoms with Gasteiger partial charge in [0.15, 0.2) is 11.5 Å². The van der Waals surface area contributed by atoms with Gasteiger partial charge in [-0.1, -0.05) is 36.2 Å². The second kappa shape index (κ2) is 8.84. The number of benzene rings is 1. The summed E-state index contributed by atoms with van der Waals surface area (Å²) in [5.74, 6) is 4.72. The fourth-order valence-corrected chi connectivity index (χ4v) is 6.20. The molecule has 3 unspecified atom stereocenters. The van der Waals surface area contributed by atoms with Crippen molar-refractivity contribution >= 4 is 27.7 Å². The van der Waals surface area contributed by atoms with Crippen LogP contribution in [0.15, 0.2) is 12.1 Å². The molecule has 2 aliphatic rings. The zero-order chi connectivity index (χ0) is 16.9. The van der Waals surface area contributed by atoms with Crippen LogP contribution < -0.4 is 9.47 Å². The molecule has 0 spiro atoms. The Morgan fingerprint density at radius 3 is 2.33 bits per heavy atom. The van der Waals surface area contributed by atoms with Crippen LogP contribution in [-0.4, -0.2) is 24.3 Å². The third-order valence-corrected chi connectivity index (χ3v) is 7.65. The number of fused-ring (bicyclic) bond motifs is 3. The molecule has 3 atom stereocenters. The highest BCUT2D eigenvalue weighted by atomic mass is 79.9. The summed E-state index contributed by atoms with van der Waals surface area (Å²) < 4.78 is 12.1. The molecular weight excluding hydrogens is 384 g/mol. The Bertz CT molecular complexity index is 549. The predicted molar refractivity (Wildman–Crippen MR) is 107 cm³/mol. The maximum atomic E-state index is 6.06. The largest absolute Gasteiger partial charge is 0.490 e. The van der Waals surface area contributed by atoms with Gasteiger partial charge >= 0.3 is 0 Å². The zero-order valence-electron chi connectivity index (χ0n) is 14.9. The Morgan fingerprint density at radius 1 is 1.04 bits per heavy atom. The van der Waals surface area contributed by atoms with E-state index in [0.717, 1.165) is 48.8 Å². The number of hydrogen-bond donors (Lipinski definition) is 0. The van der Waals surface area contributed by atoms with E-state index >= 15 is 0 Å². The Balaban J connectivity index is 2.01. The Morgan fingerprint density at radius 2 is 1.71 bits per heavy atom. The summed E-state index contributed by atoms with van der Waals surface area (Å²) in [5.41, 5.74) is 3.00. The summed E-state index contributed by atoms with van der Waals surface area (Å²) in [5, 5.41) is 1.53. The Hall–Kier alpha value is -0.350. The highest BCUT2D eigenvalue weighted by Crippen LogP contribution is 2.52. The number of hydrogen-bond acceptors (Lipinski definition) is 3. The van der Waals surface area contributed by atoms with Crippen LogP contribution in [0, 0.1) is 5.92 Å². The molecule has 4 heteroatoms. The molecule has 1 fully saturated rings. The van der Waals surface area contributed by atoms with E-state index in [1.54, 1.807) is 0 Å². The van der Waals surface area contributed by atoms with Crippen molar-refractivity contribution in [2.45, 2.75) is 57.1 Å². The van der Waals surface area contributed by atoms with Gasteiger partial charge in [-0.25, -0.2) is 0 Å². The smallest absolute Gasteiger partial charge is 0.161 e. The van der Waals surface area contributed by atoms with Gasteiger partial charge in [-0.2, -0.15) is 11.8 Å². The predicted octanol–water partition coefficient (Wildman–Crippen LogP) is 6.33. The molecule has 3 rings (SSSR count). The molecule has 1 aliphatic carbocycles. The molecule has 0 aromatic heterocycles. The van der Waals surface area contributed by atoms with Gasteiger partial charge in [-0.3, -0.25) is 0 Å². The van der Waals surface area contributed by atoms with Gasteiger partial charge in [0.25, 0.3) is 0 Å². The molecule has 1 saturated carbocycles. The van der Waals surface area contributed by atoms with E-state index in [9.17, 15) is 0 Å². The summed E-state index contributed by atoms with van der Waals surface area (Å²) in [6.07, 6.45) is 6.12. The fourth-order valence-electron chi connectivity index (χ4n) is 3.94. The minimum absolute atomic E-state index is 0.523. The maximum Gasteiger partial charge on any atom is 0.161 e. The van der Waals surface area contributed by atoms with Crippen LogP contribution in [-0.2, 0) is 0 Å². The molecule has 0 bridgehead atoms. The minimum atomic E-state index is 0.523. The SMILES string of the molecule is CCCOc1cc2c(cc1OCCC)C1CCCC1CSC2CBr. The Labute approximate surface area is 159 Å². The van der Waals surface area contributed by atoms with Crippen LogP contribution in [0.4, 0.5) is 0 Å². The Kier molecular flexibility index (Phi) is 6.79. The van der Waals surface area contributed by atoms with Crippen molar-refractivity contribution in [1.82, 2.24) is 0 Å². The van der Waals surface area contributed by atoms with Gasteiger partial charge < -0.3 is 9.47 Å². The van der Waals surface area contributed by atoms with Gasteiger partial charge in [0, 0.05) is 10.6 Å². The molecule has 0 amide bonds. The molecule has 24 heavy (non-hydrogen) atoms. The van der Waals surface area contributed by atoms with E-state index < -0.39 is 0 Å². The average molecular weight is 413 g/mol. The van der Waals surface area contributed by atoms with Crippen molar-refractivity contribution in [3.8, 4) is 11.5 Å². The lowest BCUT2D eigenvalue weighted by atomic mass is 9.86. The van der Waals surface area contributed by atoms with E-state index in [1.807, 2.05) is 0 Å². The summed E-state index contributed by atoms with van der Waals surface area (Å²) in [6, 6.07) is 4.61. The van der Waals surface area contributed by atoms with Crippen molar-refractivity contribution in [2.24, 2.45) is 5.92 Å². The standard InChI is InChI=1S/C20H29BrO2S/c1-3-8-22-18-10-16-15-7-5-6-14(15)13-24-20(12-21)17(16)11-19(18)23-9-4-2/h10-11,14-15,20H,3-9,12-13H2,1-2H3. The quantitative estimate of drug-likeness (QED) is 0.487. The van der Waals surface area contributed by atoms with Gasteiger partial charge in [0.05, 0.1) is 13.2 Å². The molecule has 134 valence electrons. The monoisotopic (exact) mass is 412 g/mol. The molecule has 1 aliphatic heterocycles. The summed E-state index contributed by atoms with van der Waals surface area (Å²) in [7, 11) is 0. The second-order valence-electron chi connectivity index (χ2n) is 6.90. The average Bonchev–Trinajstić information content (AvgIpc) is 3.02. The third kappa shape index (κ3) is 3.90. The van der Waals surface area contributed by atoms with Gasteiger partial charge in [0.2, 0.25) is 0 Å². The van der Waals surface area contributed by atoms with Crippen molar-refractivity contribution in [3.05, 3.63) is 23.3 Å². The van der Waals surface area contributed by atoms with Gasteiger partial charge in [-0.15, -0.1) is 0 Å². The maximum absolute atomic E-state index is 6.06. The molecule has 2 nitrogen and oxygen atoms in total. The lowest BCUT2D eigenvalue weighted by molar-refractivity contribution is 0.267. The van der Waals surface area contributed by atoms with Crippen molar-refractivity contribution in [2.75, 3.05) is 24.3 Å². The van der Waals surface area contributed by atoms with E-state index in [2.05, 4.69) is 53.7 Å². The van der Waals surface area contributed by atoms with Crippen LogP contribution in [0.3, 0.4) is 0 Å². The molecular formula is C20H29BrO2S. The first-order chi connectivity index (χ1) is 11.8. The van der Waals surface area contributed by atoms with Crippen molar-refractivity contribution in [3.63, 3.8) is 0 Å². The molecule has 1 aromatic carbocycles. The van der Waals surface area contributed by atoms with E-state index in [1.165, 1.54) is 36.1 Å². The molecule has 0 N–H and O–H groups in total.